The molecule has 0 rings (SSSR count). The zero-order valence-corrected chi connectivity index (χ0v) is 11.5. The summed E-state index contributed by atoms with van der Waals surface area (Å²) in [6, 6.07) is 0. The maximum absolute atomic E-state index is 3.62. The molecule has 1 nitrogen and oxygen atoms in total. The Bertz CT molecular complexity index is 94.5. The number of rotatable bonds is 10. The van der Waals surface area contributed by atoms with E-state index in [-0.39, 0.29) is 0 Å². The first-order valence-corrected chi connectivity index (χ1v) is 6.92. The molecule has 0 N–H and O–H groups in total. The molecule has 86 valence electrons. The molecule has 0 aliphatic carbocycles. The SMILES string of the molecule is CCCCCCN(Br)CCCCCC. The van der Waals surface area contributed by atoms with Gasteiger partial charge in [-0.1, -0.05) is 52.4 Å². The lowest BCUT2D eigenvalue weighted by Crippen LogP contribution is -2.14. The molecule has 0 fully saturated rings. The van der Waals surface area contributed by atoms with Crippen LogP contribution in [0.2, 0.25) is 0 Å². The fourth-order valence-corrected chi connectivity index (χ4v) is 2.03. The van der Waals surface area contributed by atoms with Gasteiger partial charge in [-0.25, -0.2) is 3.93 Å². The second kappa shape index (κ2) is 11.5. The van der Waals surface area contributed by atoms with Crippen LogP contribution in [0.5, 0.6) is 0 Å². The molecule has 0 heterocycles. The van der Waals surface area contributed by atoms with Crippen LogP contribution in [-0.2, 0) is 0 Å². The van der Waals surface area contributed by atoms with Gasteiger partial charge in [0.25, 0.3) is 0 Å². The van der Waals surface area contributed by atoms with Crippen molar-refractivity contribution in [3.05, 3.63) is 0 Å². The molecular formula is C12H26BrN. The summed E-state index contributed by atoms with van der Waals surface area (Å²) in [5.74, 6) is 0. The topological polar surface area (TPSA) is 3.24 Å². The van der Waals surface area contributed by atoms with E-state index in [1.807, 2.05) is 0 Å². The number of hydrogen-bond acceptors (Lipinski definition) is 1. The van der Waals surface area contributed by atoms with Gasteiger partial charge in [-0.05, 0) is 12.8 Å². The Morgan fingerprint density at radius 1 is 0.714 bits per heavy atom. The fourth-order valence-electron chi connectivity index (χ4n) is 1.53. The predicted octanol–water partition coefficient (Wildman–Crippen LogP) is 4.76. The van der Waals surface area contributed by atoms with E-state index >= 15 is 0 Å². The molecule has 0 aromatic heterocycles. The van der Waals surface area contributed by atoms with Crippen molar-refractivity contribution in [2.24, 2.45) is 0 Å². The lowest BCUT2D eigenvalue weighted by molar-refractivity contribution is 0.441. The molecule has 0 amide bonds. The third kappa shape index (κ3) is 10.5. The van der Waals surface area contributed by atoms with Crippen molar-refractivity contribution in [2.75, 3.05) is 13.1 Å². The second-order valence-corrected chi connectivity index (χ2v) is 5.03. The van der Waals surface area contributed by atoms with Crippen LogP contribution in [-0.4, -0.2) is 17.0 Å². The van der Waals surface area contributed by atoms with Crippen LogP contribution in [0.25, 0.3) is 0 Å². The van der Waals surface area contributed by atoms with Crippen molar-refractivity contribution >= 4 is 16.1 Å². The summed E-state index contributed by atoms with van der Waals surface area (Å²) in [5.41, 5.74) is 0. The van der Waals surface area contributed by atoms with Crippen LogP contribution in [0.3, 0.4) is 0 Å². The predicted molar refractivity (Wildman–Crippen MR) is 68.8 cm³/mol. The smallest absolute Gasteiger partial charge is 0.0120 e. The normalized spacial score (nSPS) is 11.1. The van der Waals surface area contributed by atoms with E-state index in [9.17, 15) is 0 Å². The van der Waals surface area contributed by atoms with E-state index < -0.39 is 0 Å². The van der Waals surface area contributed by atoms with Crippen molar-refractivity contribution in [1.29, 1.82) is 0 Å². The van der Waals surface area contributed by atoms with E-state index in [0.29, 0.717) is 0 Å². The number of unbranched alkanes of at least 4 members (excludes halogenated alkanes) is 6. The van der Waals surface area contributed by atoms with Crippen LogP contribution in [0, 0.1) is 0 Å². The fraction of sp³-hybridized carbons (Fsp3) is 1.00. The lowest BCUT2D eigenvalue weighted by atomic mass is 10.2. The van der Waals surface area contributed by atoms with Gasteiger partial charge in [-0.2, -0.15) is 0 Å². The summed E-state index contributed by atoms with van der Waals surface area (Å²) in [6.45, 7) is 6.95. The summed E-state index contributed by atoms with van der Waals surface area (Å²) in [7, 11) is 0. The van der Waals surface area contributed by atoms with Crippen molar-refractivity contribution < 1.29 is 0 Å². The highest BCUT2D eigenvalue weighted by molar-refractivity contribution is 9.07. The molecule has 2 heteroatoms. The van der Waals surface area contributed by atoms with Crippen molar-refractivity contribution in [1.82, 2.24) is 3.93 Å². The molecule has 0 saturated carbocycles. The highest BCUT2D eigenvalue weighted by Gasteiger charge is 1.99. The van der Waals surface area contributed by atoms with Gasteiger partial charge in [0.1, 0.15) is 0 Å². The monoisotopic (exact) mass is 263 g/mol. The van der Waals surface area contributed by atoms with Gasteiger partial charge in [-0.15, -0.1) is 0 Å². The maximum Gasteiger partial charge on any atom is 0.0120 e. The molecule has 0 aromatic rings. The van der Waals surface area contributed by atoms with Gasteiger partial charge in [0, 0.05) is 29.2 Å². The molecule has 0 saturated heterocycles. The average Bonchev–Trinajstić information content (AvgIpc) is 2.19. The largest absolute Gasteiger partial charge is 0.242 e. The Hall–Kier alpha value is 0.440. The second-order valence-electron chi connectivity index (χ2n) is 4.03. The molecule has 14 heavy (non-hydrogen) atoms. The maximum atomic E-state index is 3.62. The van der Waals surface area contributed by atoms with Crippen LogP contribution in [0.1, 0.15) is 65.2 Å². The third-order valence-corrected chi connectivity index (χ3v) is 3.22. The van der Waals surface area contributed by atoms with Gasteiger partial charge < -0.3 is 0 Å². The first-order valence-electron chi connectivity index (χ1n) is 6.22. The highest BCUT2D eigenvalue weighted by Crippen LogP contribution is 2.08. The lowest BCUT2D eigenvalue weighted by Gasteiger charge is -2.13. The Labute approximate surface area is 98.6 Å². The van der Waals surface area contributed by atoms with E-state index in [0.717, 1.165) is 0 Å². The molecule has 0 aliphatic rings. The van der Waals surface area contributed by atoms with Gasteiger partial charge >= 0.3 is 0 Å². The minimum atomic E-state index is 1.21. The van der Waals surface area contributed by atoms with Crippen LogP contribution in [0.4, 0.5) is 0 Å². The molecule has 0 spiro atoms. The summed E-state index contributed by atoms with van der Waals surface area (Å²) in [5, 5.41) is 0. The number of hydrogen-bond donors (Lipinski definition) is 0. The number of halogens is 1. The quantitative estimate of drug-likeness (QED) is 0.406. The van der Waals surface area contributed by atoms with Gasteiger partial charge in [0.15, 0.2) is 0 Å². The summed E-state index contributed by atoms with van der Waals surface area (Å²) in [4.78, 5) is 0. The molecule has 0 unspecified atom stereocenters. The Morgan fingerprint density at radius 2 is 1.14 bits per heavy atom. The molecule has 0 radical (unpaired) electrons. The van der Waals surface area contributed by atoms with Gasteiger partial charge in [-0.3, -0.25) is 0 Å². The first-order chi connectivity index (χ1) is 6.81. The Morgan fingerprint density at radius 3 is 1.50 bits per heavy atom. The van der Waals surface area contributed by atoms with Crippen LogP contribution in [0.15, 0.2) is 0 Å². The van der Waals surface area contributed by atoms with Gasteiger partial charge in [0.05, 0.1) is 0 Å². The molecule has 0 aromatic carbocycles. The first kappa shape index (κ1) is 14.4. The highest BCUT2D eigenvalue weighted by atomic mass is 79.9. The minimum Gasteiger partial charge on any atom is -0.242 e. The van der Waals surface area contributed by atoms with Crippen LogP contribution >= 0.6 is 16.1 Å². The van der Waals surface area contributed by atoms with Crippen molar-refractivity contribution in [3.8, 4) is 0 Å². The van der Waals surface area contributed by atoms with Crippen LogP contribution < -0.4 is 0 Å². The average molecular weight is 264 g/mol. The number of nitrogens with zero attached hydrogens (tertiary/aromatic N) is 1. The van der Waals surface area contributed by atoms with E-state index in [4.69, 9.17) is 0 Å². The zero-order valence-electron chi connectivity index (χ0n) is 9.90. The van der Waals surface area contributed by atoms with E-state index in [2.05, 4.69) is 33.9 Å². The minimum absolute atomic E-state index is 1.21. The van der Waals surface area contributed by atoms with E-state index in [1.165, 1.54) is 64.5 Å². The standard InChI is InChI=1S/C12H26BrN/c1-3-5-7-9-11-14(13)12-10-8-6-4-2/h3-12H2,1-2H3. The third-order valence-electron chi connectivity index (χ3n) is 2.51. The molecule has 0 bridgehead atoms. The molecule has 0 aliphatic heterocycles. The Kier molecular flexibility index (Phi) is 11.9. The van der Waals surface area contributed by atoms with Gasteiger partial charge in [0.2, 0.25) is 0 Å². The molecule has 0 atom stereocenters. The Balaban J connectivity index is 3.07. The summed E-state index contributed by atoms with van der Waals surface area (Å²) >= 11 is 3.62. The van der Waals surface area contributed by atoms with Crippen molar-refractivity contribution in [2.45, 2.75) is 65.2 Å². The zero-order chi connectivity index (χ0) is 10.6. The summed E-state index contributed by atoms with van der Waals surface area (Å²) in [6.07, 6.45) is 10.9. The van der Waals surface area contributed by atoms with E-state index in [1.54, 1.807) is 0 Å². The molecular weight excluding hydrogens is 238 g/mol. The van der Waals surface area contributed by atoms with Crippen molar-refractivity contribution in [3.63, 3.8) is 0 Å². The summed E-state index contributed by atoms with van der Waals surface area (Å²) < 4.78 is 2.30.